The Morgan fingerprint density at radius 2 is 1.79 bits per heavy atom. The normalized spacial score (nSPS) is 10.3. The van der Waals surface area contributed by atoms with Gasteiger partial charge in [0.2, 0.25) is 5.95 Å². The molecule has 0 bridgehead atoms. The fourth-order valence-corrected chi connectivity index (χ4v) is 2.09. The van der Waals surface area contributed by atoms with E-state index < -0.39 is 11.9 Å². The third-order valence-electron chi connectivity index (χ3n) is 2.86. The molecule has 1 aromatic heterocycles. The number of rotatable bonds is 2. The molecule has 0 aliphatic heterocycles. The van der Waals surface area contributed by atoms with E-state index in [1.54, 1.807) is 0 Å². The van der Waals surface area contributed by atoms with Crippen molar-refractivity contribution in [2.45, 2.75) is 20.8 Å². The predicted octanol–water partition coefficient (Wildman–Crippen LogP) is 3.40. The van der Waals surface area contributed by atoms with Gasteiger partial charge in [-0.05, 0) is 44.0 Å². The van der Waals surface area contributed by atoms with Crippen LogP contribution in [0.3, 0.4) is 0 Å². The molecule has 2 rings (SSSR count). The lowest BCUT2D eigenvalue weighted by molar-refractivity contribution is 0.102. The summed E-state index contributed by atoms with van der Waals surface area (Å²) in [5.74, 6) is -1.07. The summed E-state index contributed by atoms with van der Waals surface area (Å²) in [4.78, 5) is 15.6. The minimum Gasteiger partial charge on any atom is -0.320 e. The molecular weight excluding hydrogens is 243 g/mol. The Morgan fingerprint density at radius 3 is 2.37 bits per heavy atom. The van der Waals surface area contributed by atoms with Gasteiger partial charge in [-0.15, -0.1) is 0 Å². The quantitative estimate of drug-likeness (QED) is 0.839. The van der Waals surface area contributed by atoms with Gasteiger partial charge in [-0.2, -0.15) is 4.39 Å². The molecule has 98 valence electrons. The molecule has 2 aromatic rings. The number of halogens is 1. The van der Waals surface area contributed by atoms with Crippen molar-refractivity contribution in [1.82, 2.24) is 4.98 Å². The zero-order chi connectivity index (χ0) is 14.0. The van der Waals surface area contributed by atoms with Gasteiger partial charge in [0.25, 0.3) is 5.91 Å². The van der Waals surface area contributed by atoms with Gasteiger partial charge < -0.3 is 5.32 Å². The second kappa shape index (κ2) is 5.18. The zero-order valence-corrected chi connectivity index (χ0v) is 11.1. The van der Waals surface area contributed by atoms with Gasteiger partial charge in [0, 0.05) is 5.69 Å². The van der Waals surface area contributed by atoms with E-state index in [4.69, 9.17) is 0 Å². The highest BCUT2D eigenvalue weighted by molar-refractivity contribution is 6.03. The maximum atomic E-state index is 13.0. The van der Waals surface area contributed by atoms with Gasteiger partial charge in [-0.25, -0.2) is 4.98 Å². The Morgan fingerprint density at radius 1 is 1.16 bits per heavy atom. The third-order valence-corrected chi connectivity index (χ3v) is 2.86. The molecule has 3 nitrogen and oxygen atoms in total. The molecule has 1 N–H and O–H groups in total. The van der Waals surface area contributed by atoms with Crippen LogP contribution in [0.15, 0.2) is 30.3 Å². The molecule has 0 radical (unpaired) electrons. The largest absolute Gasteiger partial charge is 0.320 e. The lowest BCUT2D eigenvalue weighted by atomic mass is 10.0. The summed E-state index contributed by atoms with van der Waals surface area (Å²) >= 11 is 0. The predicted molar refractivity (Wildman–Crippen MR) is 72.8 cm³/mol. The van der Waals surface area contributed by atoms with E-state index in [0.29, 0.717) is 0 Å². The fraction of sp³-hybridized carbons (Fsp3) is 0.200. The lowest BCUT2D eigenvalue weighted by Crippen LogP contribution is -2.15. The van der Waals surface area contributed by atoms with E-state index in [2.05, 4.69) is 10.3 Å². The molecule has 4 heteroatoms. The summed E-state index contributed by atoms with van der Waals surface area (Å²) in [5.41, 5.74) is 3.91. The molecule has 0 fully saturated rings. The van der Waals surface area contributed by atoms with E-state index in [1.165, 1.54) is 18.2 Å². The highest BCUT2D eigenvalue weighted by atomic mass is 19.1. The summed E-state index contributed by atoms with van der Waals surface area (Å²) in [7, 11) is 0. The van der Waals surface area contributed by atoms with E-state index >= 15 is 0 Å². The molecule has 0 saturated heterocycles. The van der Waals surface area contributed by atoms with Crippen molar-refractivity contribution in [3.8, 4) is 0 Å². The first-order chi connectivity index (χ1) is 8.97. The highest BCUT2D eigenvalue weighted by Crippen LogP contribution is 2.22. The maximum absolute atomic E-state index is 13.0. The van der Waals surface area contributed by atoms with Crippen molar-refractivity contribution >= 4 is 11.6 Å². The Labute approximate surface area is 111 Å². The topological polar surface area (TPSA) is 42.0 Å². The van der Waals surface area contributed by atoms with Crippen LogP contribution in [0.1, 0.15) is 27.2 Å². The van der Waals surface area contributed by atoms with Crippen molar-refractivity contribution in [1.29, 1.82) is 0 Å². The second-order valence-corrected chi connectivity index (χ2v) is 4.57. The van der Waals surface area contributed by atoms with Crippen LogP contribution >= 0.6 is 0 Å². The van der Waals surface area contributed by atoms with Crippen LogP contribution in [0.25, 0.3) is 0 Å². The number of carbonyl (C=O) groups is 1. The van der Waals surface area contributed by atoms with Gasteiger partial charge in [-0.3, -0.25) is 4.79 Å². The van der Waals surface area contributed by atoms with Crippen LogP contribution in [-0.4, -0.2) is 10.9 Å². The number of aromatic nitrogens is 1. The number of hydrogen-bond acceptors (Lipinski definition) is 2. The molecular formula is C15H15FN2O. The molecule has 0 saturated carbocycles. The number of amides is 1. The number of benzene rings is 1. The van der Waals surface area contributed by atoms with E-state index in [1.807, 2.05) is 32.9 Å². The summed E-state index contributed by atoms with van der Waals surface area (Å²) < 4.78 is 13.0. The Balaban J connectivity index is 2.29. The lowest BCUT2D eigenvalue weighted by Gasteiger charge is -2.12. The Bertz CT molecular complexity index is 615. The standard InChI is InChI=1S/C15H15FN2O/c1-9-7-10(2)14(11(3)8-9)18-15(19)12-5-4-6-13(16)17-12/h4-8H,1-3H3,(H,18,19). The Hall–Kier alpha value is -2.23. The van der Waals surface area contributed by atoms with E-state index in [0.717, 1.165) is 22.4 Å². The van der Waals surface area contributed by atoms with Crippen LogP contribution in [0.5, 0.6) is 0 Å². The van der Waals surface area contributed by atoms with Crippen LogP contribution < -0.4 is 5.32 Å². The minimum absolute atomic E-state index is 0.0689. The van der Waals surface area contributed by atoms with Gasteiger partial charge in [0.05, 0.1) is 0 Å². The van der Waals surface area contributed by atoms with Crippen molar-refractivity contribution in [3.05, 3.63) is 58.7 Å². The molecule has 0 unspecified atom stereocenters. The molecule has 0 aliphatic rings. The maximum Gasteiger partial charge on any atom is 0.274 e. The summed E-state index contributed by atoms with van der Waals surface area (Å²) in [6, 6.07) is 8.13. The average Bonchev–Trinajstić information content (AvgIpc) is 2.33. The number of aryl methyl sites for hydroxylation is 3. The molecule has 1 aromatic carbocycles. The SMILES string of the molecule is Cc1cc(C)c(NC(=O)c2cccc(F)n2)c(C)c1. The number of anilines is 1. The Kier molecular flexibility index (Phi) is 3.60. The molecule has 0 spiro atoms. The molecule has 0 aliphatic carbocycles. The molecule has 0 atom stereocenters. The number of nitrogens with one attached hydrogen (secondary N) is 1. The summed E-state index contributed by atoms with van der Waals surface area (Å²) in [6.45, 7) is 5.85. The minimum atomic E-state index is -0.662. The number of pyridine rings is 1. The van der Waals surface area contributed by atoms with Gasteiger partial charge >= 0.3 is 0 Å². The van der Waals surface area contributed by atoms with Gasteiger partial charge in [-0.1, -0.05) is 23.8 Å². The van der Waals surface area contributed by atoms with Crippen LogP contribution in [0.2, 0.25) is 0 Å². The van der Waals surface area contributed by atoms with Gasteiger partial charge in [0.1, 0.15) is 5.69 Å². The summed E-state index contributed by atoms with van der Waals surface area (Å²) in [5, 5.41) is 2.78. The van der Waals surface area contributed by atoms with Crippen molar-refractivity contribution in [2.24, 2.45) is 0 Å². The number of nitrogens with zero attached hydrogens (tertiary/aromatic N) is 1. The van der Waals surface area contributed by atoms with Crippen LogP contribution in [0, 0.1) is 26.7 Å². The van der Waals surface area contributed by atoms with Gasteiger partial charge in [0.15, 0.2) is 0 Å². The smallest absolute Gasteiger partial charge is 0.274 e. The molecule has 1 amide bonds. The first-order valence-electron chi connectivity index (χ1n) is 5.99. The van der Waals surface area contributed by atoms with Crippen LogP contribution in [-0.2, 0) is 0 Å². The highest BCUT2D eigenvalue weighted by Gasteiger charge is 2.11. The summed E-state index contributed by atoms with van der Waals surface area (Å²) in [6.07, 6.45) is 0. The van der Waals surface area contributed by atoms with Crippen LogP contribution in [0.4, 0.5) is 10.1 Å². The zero-order valence-electron chi connectivity index (χ0n) is 11.1. The first kappa shape index (κ1) is 13.2. The molecule has 19 heavy (non-hydrogen) atoms. The third kappa shape index (κ3) is 2.96. The van der Waals surface area contributed by atoms with Crippen molar-refractivity contribution < 1.29 is 9.18 Å². The number of hydrogen-bond donors (Lipinski definition) is 1. The van der Waals surface area contributed by atoms with E-state index in [-0.39, 0.29) is 5.69 Å². The van der Waals surface area contributed by atoms with E-state index in [9.17, 15) is 9.18 Å². The molecule has 1 heterocycles. The van der Waals surface area contributed by atoms with Crippen molar-refractivity contribution in [3.63, 3.8) is 0 Å². The second-order valence-electron chi connectivity index (χ2n) is 4.57. The monoisotopic (exact) mass is 258 g/mol. The first-order valence-corrected chi connectivity index (χ1v) is 5.99. The number of carbonyl (C=O) groups excluding carboxylic acids is 1. The average molecular weight is 258 g/mol. The van der Waals surface area contributed by atoms with Crippen molar-refractivity contribution in [2.75, 3.05) is 5.32 Å². The fourth-order valence-electron chi connectivity index (χ4n) is 2.09.